The third-order valence-electron chi connectivity index (χ3n) is 6.26. The van der Waals surface area contributed by atoms with Gasteiger partial charge >= 0.3 is 18.4 Å². The minimum Gasteiger partial charge on any atom is -0.426 e. The van der Waals surface area contributed by atoms with Crippen LogP contribution >= 0.6 is 0 Å². The van der Waals surface area contributed by atoms with Crippen LogP contribution < -0.4 is 4.74 Å². The first-order valence-electron chi connectivity index (χ1n) is 11.7. The number of allylic oxidation sites excluding steroid dienone is 2. The van der Waals surface area contributed by atoms with Crippen molar-refractivity contribution in [3.63, 3.8) is 0 Å². The Hall–Kier alpha value is -3.02. The number of carbonyl (C=O) groups is 1. The van der Waals surface area contributed by atoms with Crippen molar-refractivity contribution in [2.24, 2.45) is 11.8 Å². The molecule has 0 aromatic heterocycles. The molecule has 2 aromatic rings. The second-order valence-corrected chi connectivity index (χ2v) is 8.93. The number of benzene rings is 2. The van der Waals surface area contributed by atoms with Gasteiger partial charge in [0.15, 0.2) is 0 Å². The minimum absolute atomic E-state index is 0.0357. The third-order valence-corrected chi connectivity index (χ3v) is 6.26. The van der Waals surface area contributed by atoms with Crippen molar-refractivity contribution in [1.82, 2.24) is 0 Å². The number of halogens is 9. The molecule has 0 amide bonds. The molecule has 0 saturated heterocycles. The number of alkyl halides is 5. The monoisotopic (exact) mass is 554 g/mol. The number of rotatable bonds is 8. The summed E-state index contributed by atoms with van der Waals surface area (Å²) < 4.78 is 129. The van der Waals surface area contributed by atoms with Gasteiger partial charge in [0, 0.05) is 12.1 Å². The van der Waals surface area contributed by atoms with Gasteiger partial charge in [0.1, 0.15) is 34.6 Å². The van der Waals surface area contributed by atoms with E-state index in [1.165, 1.54) is 0 Å². The van der Waals surface area contributed by atoms with E-state index in [-0.39, 0.29) is 12.1 Å². The Balaban J connectivity index is 1.76. The van der Waals surface area contributed by atoms with Gasteiger partial charge in [-0.15, -0.1) is 13.2 Å². The maximum atomic E-state index is 14.7. The maximum Gasteiger partial charge on any atom is 0.527 e. The predicted octanol–water partition coefficient (Wildman–Crippen LogP) is 8.56. The Morgan fingerprint density at radius 2 is 1.45 bits per heavy atom. The fourth-order valence-electron chi connectivity index (χ4n) is 4.46. The van der Waals surface area contributed by atoms with E-state index >= 15 is 0 Å². The van der Waals surface area contributed by atoms with Crippen molar-refractivity contribution in [3.8, 4) is 16.9 Å². The highest BCUT2D eigenvalue weighted by Gasteiger charge is 2.49. The van der Waals surface area contributed by atoms with E-state index in [0.29, 0.717) is 30.9 Å². The molecule has 0 heterocycles. The van der Waals surface area contributed by atoms with E-state index in [2.05, 4.69) is 10.8 Å². The van der Waals surface area contributed by atoms with Gasteiger partial charge in [-0.1, -0.05) is 12.2 Å². The van der Waals surface area contributed by atoms with E-state index in [1.807, 2.05) is 13.0 Å². The van der Waals surface area contributed by atoms with Crippen molar-refractivity contribution in [3.05, 3.63) is 65.2 Å². The zero-order valence-electron chi connectivity index (χ0n) is 20.0. The molecule has 0 radical (unpaired) electrons. The lowest BCUT2D eigenvalue weighted by atomic mass is 9.80. The fraction of sp³-hybridized carbons (Fsp3) is 0.423. The highest BCUT2D eigenvalue weighted by molar-refractivity contribution is 5.76. The number of esters is 1. The van der Waals surface area contributed by atoms with Crippen molar-refractivity contribution < 1.29 is 53.8 Å². The first kappa shape index (κ1) is 29.5. The largest absolute Gasteiger partial charge is 0.527 e. The Morgan fingerprint density at radius 1 is 0.895 bits per heavy atom. The van der Waals surface area contributed by atoms with Crippen molar-refractivity contribution >= 4 is 5.97 Å². The average molecular weight is 554 g/mol. The highest BCUT2D eigenvalue weighted by Crippen LogP contribution is 2.41. The molecule has 1 saturated carbocycles. The van der Waals surface area contributed by atoms with Crippen molar-refractivity contribution in [2.75, 3.05) is 0 Å². The van der Waals surface area contributed by atoms with Gasteiger partial charge in [-0.25, -0.2) is 22.3 Å². The lowest BCUT2D eigenvalue weighted by molar-refractivity contribution is -0.432. The predicted molar refractivity (Wildman–Crippen MR) is 118 cm³/mol. The zero-order valence-corrected chi connectivity index (χ0v) is 20.0. The van der Waals surface area contributed by atoms with E-state index in [1.54, 1.807) is 0 Å². The summed E-state index contributed by atoms with van der Waals surface area (Å²) in [6.07, 6.45) is -2.79. The van der Waals surface area contributed by atoms with E-state index < -0.39 is 70.1 Å². The van der Waals surface area contributed by atoms with Crippen LogP contribution in [0.5, 0.6) is 5.75 Å². The molecular weight excluding hydrogens is 531 g/mol. The van der Waals surface area contributed by atoms with Crippen LogP contribution in [0.2, 0.25) is 0 Å². The smallest absolute Gasteiger partial charge is 0.426 e. The van der Waals surface area contributed by atoms with Crippen LogP contribution in [0.1, 0.15) is 51.0 Å². The summed E-state index contributed by atoms with van der Waals surface area (Å²) in [5.74, 6) is -8.61. The molecule has 0 unspecified atom stereocenters. The van der Waals surface area contributed by atoms with E-state index in [4.69, 9.17) is 4.74 Å². The fourth-order valence-corrected chi connectivity index (χ4v) is 4.46. The van der Waals surface area contributed by atoms with Gasteiger partial charge in [-0.2, -0.15) is 8.78 Å². The molecule has 0 spiro atoms. The van der Waals surface area contributed by atoms with Crippen LogP contribution in [0, 0.1) is 35.1 Å². The zero-order chi connectivity index (χ0) is 28.3. The van der Waals surface area contributed by atoms with Crippen LogP contribution in [0.25, 0.3) is 11.1 Å². The molecule has 2 aromatic carbocycles. The van der Waals surface area contributed by atoms with Crippen LogP contribution in [0.15, 0.2) is 36.4 Å². The normalized spacial score (nSPS) is 18.7. The molecule has 0 N–H and O–H groups in total. The summed E-state index contributed by atoms with van der Waals surface area (Å²) in [7, 11) is 0. The topological polar surface area (TPSA) is 35.5 Å². The first-order valence-corrected chi connectivity index (χ1v) is 11.7. The molecule has 1 aliphatic carbocycles. The van der Waals surface area contributed by atoms with Gasteiger partial charge in [0.25, 0.3) is 0 Å². The summed E-state index contributed by atoms with van der Waals surface area (Å²) in [6.45, 7) is 1.93. The van der Waals surface area contributed by atoms with E-state index in [9.17, 15) is 44.3 Å². The lowest BCUT2D eigenvalue weighted by Gasteiger charge is -2.27. The quantitative estimate of drug-likeness (QED) is 0.142. The van der Waals surface area contributed by atoms with Crippen LogP contribution in [0.3, 0.4) is 0 Å². The second-order valence-electron chi connectivity index (χ2n) is 8.93. The first-order chi connectivity index (χ1) is 17.7. The minimum atomic E-state index is -5.93. The molecular formula is C26H23F9O3. The maximum absolute atomic E-state index is 14.7. The average Bonchev–Trinajstić information content (AvgIpc) is 2.77. The van der Waals surface area contributed by atoms with Crippen molar-refractivity contribution in [1.29, 1.82) is 0 Å². The molecule has 0 atom stereocenters. The van der Waals surface area contributed by atoms with Gasteiger partial charge in [-0.3, -0.25) is 4.79 Å². The van der Waals surface area contributed by atoms with Crippen LogP contribution in [-0.2, 0) is 15.6 Å². The number of hydrogen-bond acceptors (Lipinski definition) is 3. The van der Waals surface area contributed by atoms with Gasteiger partial charge in [0.2, 0.25) is 0 Å². The number of ether oxygens (including phenoxy) is 2. The molecule has 0 aliphatic heterocycles. The molecule has 12 heteroatoms. The summed E-state index contributed by atoms with van der Waals surface area (Å²) in [5.41, 5.74) is -4.38. The Morgan fingerprint density at radius 3 is 1.95 bits per heavy atom. The second kappa shape index (κ2) is 11.8. The molecule has 1 fully saturated rings. The molecule has 38 heavy (non-hydrogen) atoms. The summed E-state index contributed by atoms with van der Waals surface area (Å²) >= 11 is 0. The molecule has 208 valence electrons. The summed E-state index contributed by atoms with van der Waals surface area (Å²) in [5, 5.41) is 0. The lowest BCUT2D eigenvalue weighted by Crippen LogP contribution is -2.29. The van der Waals surface area contributed by atoms with Gasteiger partial charge < -0.3 is 4.74 Å². The molecule has 3 nitrogen and oxygen atoms in total. The van der Waals surface area contributed by atoms with Gasteiger partial charge in [0.05, 0.1) is 11.5 Å². The standard InChI is InChI=1S/C26H23F9O3/c1-2-3-4-5-14-6-8-15(9-7-14)24(36)37-17-12-18(27)22(19(28)13-17)16-10-20(29)23(21(30)11-16)25(31,32)38-26(33,34)35/h2-3,10-15H,4-9H2,1H3/b3-2+. The molecule has 3 rings (SSSR count). The highest BCUT2D eigenvalue weighted by atomic mass is 19.4. The summed E-state index contributed by atoms with van der Waals surface area (Å²) in [6, 6.07) is 1.22. The third kappa shape index (κ3) is 7.30. The van der Waals surface area contributed by atoms with E-state index in [0.717, 1.165) is 25.7 Å². The Labute approximate surface area is 212 Å². The number of carbonyl (C=O) groups excluding carboxylic acids is 1. The Kier molecular flexibility index (Phi) is 9.17. The van der Waals surface area contributed by atoms with Crippen LogP contribution in [0.4, 0.5) is 39.5 Å². The Bertz CT molecular complexity index is 1140. The SMILES string of the molecule is C/C=C/CCC1CCC(C(=O)Oc2cc(F)c(-c3cc(F)c(C(F)(F)OC(F)(F)F)c(F)c3)c(F)c2)CC1. The number of hydrogen-bond donors (Lipinski definition) is 0. The molecule has 0 bridgehead atoms. The van der Waals surface area contributed by atoms with Gasteiger partial charge in [-0.05, 0) is 69.1 Å². The van der Waals surface area contributed by atoms with Crippen molar-refractivity contribution in [2.45, 2.75) is 57.9 Å². The molecule has 1 aliphatic rings. The summed E-state index contributed by atoms with van der Waals surface area (Å²) in [4.78, 5) is 12.5. The van der Waals surface area contributed by atoms with Crippen LogP contribution in [-0.4, -0.2) is 12.3 Å².